The van der Waals surface area contributed by atoms with Crippen molar-refractivity contribution in [2.45, 2.75) is 6.18 Å². The number of nitrogens with zero attached hydrogens (tertiary/aromatic N) is 3. The first-order valence-corrected chi connectivity index (χ1v) is 8.66. The van der Waals surface area contributed by atoms with Crippen molar-refractivity contribution in [1.82, 2.24) is 15.3 Å². The molecule has 0 unspecified atom stereocenters. The Balaban J connectivity index is 1.74. The van der Waals surface area contributed by atoms with E-state index in [2.05, 4.69) is 20.6 Å². The lowest BCUT2D eigenvalue weighted by Crippen LogP contribution is -2.28. The Morgan fingerprint density at radius 3 is 2.68 bits per heavy atom. The van der Waals surface area contributed by atoms with Crippen LogP contribution in [0, 0.1) is 10.1 Å². The monoisotopic (exact) mass is 411 g/mol. The number of thiazole rings is 1. The Bertz CT molecular complexity index is 1020. The van der Waals surface area contributed by atoms with Crippen molar-refractivity contribution in [3.05, 3.63) is 57.2 Å². The molecule has 0 radical (unpaired) electrons. The van der Waals surface area contributed by atoms with Gasteiger partial charge in [0.05, 0.1) is 16.0 Å². The number of nitro benzene ring substituents is 1. The van der Waals surface area contributed by atoms with Gasteiger partial charge in [-0.15, -0.1) is 11.3 Å². The molecule has 12 heteroatoms. The minimum atomic E-state index is -4.76. The zero-order valence-electron chi connectivity index (χ0n) is 14.0. The van der Waals surface area contributed by atoms with Crippen LogP contribution in [0.4, 0.5) is 24.7 Å². The largest absolute Gasteiger partial charge is 0.416 e. The topological polar surface area (TPSA) is 110 Å². The van der Waals surface area contributed by atoms with Gasteiger partial charge >= 0.3 is 6.18 Å². The lowest BCUT2D eigenvalue weighted by Gasteiger charge is -2.05. The van der Waals surface area contributed by atoms with Crippen LogP contribution in [-0.4, -0.2) is 33.9 Å². The lowest BCUT2D eigenvalue weighted by atomic mass is 10.2. The van der Waals surface area contributed by atoms with Crippen molar-refractivity contribution >= 4 is 39.0 Å². The van der Waals surface area contributed by atoms with Gasteiger partial charge in [0.1, 0.15) is 10.5 Å². The molecule has 0 aliphatic heterocycles. The van der Waals surface area contributed by atoms with Gasteiger partial charge in [-0.3, -0.25) is 14.9 Å². The van der Waals surface area contributed by atoms with E-state index in [0.717, 1.165) is 0 Å². The molecule has 146 valence electrons. The minimum Gasteiger partial charge on any atom is -0.368 e. The maximum absolute atomic E-state index is 12.9. The van der Waals surface area contributed by atoms with E-state index in [-0.39, 0.29) is 21.8 Å². The number of halogens is 3. The van der Waals surface area contributed by atoms with Gasteiger partial charge in [0.25, 0.3) is 11.6 Å². The number of carbonyl (C=O) groups excluding carboxylic acids is 1. The van der Waals surface area contributed by atoms with Crippen molar-refractivity contribution in [1.29, 1.82) is 0 Å². The van der Waals surface area contributed by atoms with Crippen molar-refractivity contribution in [2.75, 3.05) is 18.4 Å². The molecule has 2 heterocycles. The molecule has 0 fully saturated rings. The standard InChI is InChI=1S/C16H12F3N5O3S/c17-16(18,19)9-7-10-13(11(8-9)24(26)27)28-15(23-10)14(25)22-6-5-21-12-3-1-2-4-20-12/h1-4,7-8H,5-6H2,(H,20,21)(H,22,25). The first-order chi connectivity index (χ1) is 13.3. The highest BCUT2D eigenvalue weighted by Crippen LogP contribution is 2.38. The smallest absolute Gasteiger partial charge is 0.368 e. The van der Waals surface area contributed by atoms with Crippen LogP contribution in [-0.2, 0) is 6.18 Å². The van der Waals surface area contributed by atoms with Crippen LogP contribution in [0.15, 0.2) is 36.5 Å². The number of non-ortho nitro benzene ring substituents is 1. The van der Waals surface area contributed by atoms with Gasteiger partial charge in [-0.1, -0.05) is 6.07 Å². The summed E-state index contributed by atoms with van der Waals surface area (Å²) in [5.41, 5.74) is -2.18. The number of rotatable bonds is 6. The quantitative estimate of drug-likeness (QED) is 0.365. The minimum absolute atomic E-state index is 0.0882. The highest BCUT2D eigenvalue weighted by molar-refractivity contribution is 7.20. The second-order valence-corrected chi connectivity index (χ2v) is 6.51. The number of amides is 1. The van der Waals surface area contributed by atoms with Crippen LogP contribution in [0.2, 0.25) is 0 Å². The van der Waals surface area contributed by atoms with Crippen LogP contribution in [0.5, 0.6) is 0 Å². The Labute approximate surface area is 159 Å². The van der Waals surface area contributed by atoms with Gasteiger partial charge in [-0.25, -0.2) is 9.97 Å². The van der Waals surface area contributed by atoms with Crippen LogP contribution in [0.3, 0.4) is 0 Å². The number of alkyl halides is 3. The van der Waals surface area contributed by atoms with E-state index in [1.807, 2.05) is 0 Å². The summed E-state index contributed by atoms with van der Waals surface area (Å²) in [6, 6.07) is 6.42. The fraction of sp³-hybridized carbons (Fsp3) is 0.188. The molecule has 0 saturated carbocycles. The normalized spacial score (nSPS) is 11.4. The third-order valence-corrected chi connectivity index (χ3v) is 4.66. The Morgan fingerprint density at radius 1 is 1.25 bits per heavy atom. The molecule has 0 atom stereocenters. The summed E-state index contributed by atoms with van der Waals surface area (Å²) in [5.74, 6) is -0.0149. The average Bonchev–Trinajstić information content (AvgIpc) is 3.08. The molecule has 1 aromatic carbocycles. The molecule has 0 spiro atoms. The number of aromatic nitrogens is 2. The number of pyridine rings is 1. The number of nitro groups is 1. The average molecular weight is 411 g/mol. The highest BCUT2D eigenvalue weighted by Gasteiger charge is 2.34. The van der Waals surface area contributed by atoms with E-state index in [4.69, 9.17) is 0 Å². The number of benzene rings is 1. The van der Waals surface area contributed by atoms with E-state index in [1.165, 1.54) is 0 Å². The fourth-order valence-corrected chi connectivity index (χ4v) is 3.27. The summed E-state index contributed by atoms with van der Waals surface area (Å²) in [7, 11) is 0. The van der Waals surface area contributed by atoms with E-state index in [9.17, 15) is 28.1 Å². The Kier molecular flexibility index (Phi) is 5.40. The van der Waals surface area contributed by atoms with Gasteiger partial charge in [-0.05, 0) is 18.2 Å². The molecule has 3 aromatic rings. The van der Waals surface area contributed by atoms with E-state index >= 15 is 0 Å². The first-order valence-electron chi connectivity index (χ1n) is 7.85. The second kappa shape index (κ2) is 7.76. The van der Waals surface area contributed by atoms with Crippen molar-refractivity contribution < 1.29 is 22.9 Å². The van der Waals surface area contributed by atoms with E-state index in [0.29, 0.717) is 35.8 Å². The number of nitrogens with one attached hydrogen (secondary N) is 2. The van der Waals surface area contributed by atoms with Gasteiger partial charge < -0.3 is 10.6 Å². The number of hydrogen-bond donors (Lipinski definition) is 2. The van der Waals surface area contributed by atoms with Gasteiger partial charge in [0.15, 0.2) is 5.01 Å². The highest BCUT2D eigenvalue weighted by atomic mass is 32.1. The summed E-state index contributed by atoms with van der Waals surface area (Å²) in [6.45, 7) is 0.549. The SMILES string of the molecule is O=C(NCCNc1ccccn1)c1nc2cc(C(F)(F)F)cc([N+](=O)[O-])c2s1. The summed E-state index contributed by atoms with van der Waals surface area (Å²) in [4.78, 5) is 30.3. The Hall–Kier alpha value is -3.28. The van der Waals surface area contributed by atoms with E-state index in [1.54, 1.807) is 24.4 Å². The van der Waals surface area contributed by atoms with Gasteiger partial charge in [-0.2, -0.15) is 13.2 Å². The summed E-state index contributed by atoms with van der Waals surface area (Å²) in [5, 5.41) is 16.5. The van der Waals surface area contributed by atoms with Crippen LogP contribution in [0.25, 0.3) is 10.2 Å². The van der Waals surface area contributed by atoms with Crippen LogP contribution >= 0.6 is 11.3 Å². The fourth-order valence-electron chi connectivity index (χ4n) is 2.32. The molecular weight excluding hydrogens is 399 g/mol. The third-order valence-electron chi connectivity index (χ3n) is 3.57. The van der Waals surface area contributed by atoms with Crippen LogP contribution < -0.4 is 10.6 Å². The second-order valence-electron chi connectivity index (χ2n) is 5.52. The maximum atomic E-state index is 12.9. The number of carbonyl (C=O) groups is 1. The van der Waals surface area contributed by atoms with Crippen molar-refractivity contribution in [3.63, 3.8) is 0 Å². The van der Waals surface area contributed by atoms with Crippen molar-refractivity contribution in [3.8, 4) is 0 Å². The molecule has 28 heavy (non-hydrogen) atoms. The number of hydrogen-bond acceptors (Lipinski definition) is 7. The zero-order valence-corrected chi connectivity index (χ0v) is 14.8. The molecular formula is C16H12F3N5O3S. The lowest BCUT2D eigenvalue weighted by molar-refractivity contribution is -0.383. The molecule has 0 bridgehead atoms. The Morgan fingerprint density at radius 2 is 2.04 bits per heavy atom. The predicted octanol–water partition coefficient (Wildman–Crippen LogP) is 3.46. The molecule has 0 aliphatic carbocycles. The molecule has 8 nitrogen and oxygen atoms in total. The van der Waals surface area contributed by atoms with E-state index < -0.39 is 28.3 Å². The molecule has 2 aromatic heterocycles. The van der Waals surface area contributed by atoms with Gasteiger partial charge in [0.2, 0.25) is 0 Å². The summed E-state index contributed by atoms with van der Waals surface area (Å²) in [6.07, 6.45) is -3.16. The zero-order chi connectivity index (χ0) is 20.3. The molecule has 0 aliphatic rings. The first kappa shape index (κ1) is 19.5. The molecule has 3 rings (SSSR count). The molecule has 2 N–H and O–H groups in total. The number of anilines is 1. The van der Waals surface area contributed by atoms with Crippen LogP contribution in [0.1, 0.15) is 15.4 Å². The predicted molar refractivity (Wildman–Crippen MR) is 96.3 cm³/mol. The number of fused-ring (bicyclic) bond motifs is 1. The molecule has 1 amide bonds. The maximum Gasteiger partial charge on any atom is 0.416 e. The molecule has 0 saturated heterocycles. The van der Waals surface area contributed by atoms with Crippen molar-refractivity contribution in [2.24, 2.45) is 0 Å². The summed E-state index contributed by atoms with van der Waals surface area (Å²) >= 11 is 0.669. The third kappa shape index (κ3) is 4.34. The summed E-state index contributed by atoms with van der Waals surface area (Å²) < 4.78 is 38.7. The van der Waals surface area contributed by atoms with Gasteiger partial charge in [0, 0.05) is 25.4 Å².